The first kappa shape index (κ1) is 17.7. The molecule has 8 nitrogen and oxygen atoms in total. The summed E-state index contributed by atoms with van der Waals surface area (Å²) in [5.41, 5.74) is 3.11. The second kappa shape index (κ2) is 7.40. The van der Waals surface area contributed by atoms with Gasteiger partial charge in [0.05, 0.1) is 6.21 Å². The Kier molecular flexibility index (Phi) is 5.04. The molecule has 0 fully saturated rings. The van der Waals surface area contributed by atoms with Crippen LogP contribution in [0.25, 0.3) is 11.2 Å². The normalized spacial score (nSPS) is 11.8. The van der Waals surface area contributed by atoms with Gasteiger partial charge in [-0.2, -0.15) is 10.1 Å². The minimum absolute atomic E-state index is 0.277. The molecule has 2 aromatic heterocycles. The molecule has 0 saturated carbocycles. The predicted octanol–water partition coefficient (Wildman–Crippen LogP) is 2.10. The van der Waals surface area contributed by atoms with Crippen LogP contribution in [0.5, 0.6) is 0 Å². The summed E-state index contributed by atoms with van der Waals surface area (Å²) in [5, 5.41) is 4.72. The van der Waals surface area contributed by atoms with Gasteiger partial charge in [0.2, 0.25) is 5.95 Å². The van der Waals surface area contributed by atoms with Crippen molar-refractivity contribution in [3.05, 3.63) is 67.8 Å². The lowest BCUT2D eigenvalue weighted by Crippen LogP contribution is -2.29. The van der Waals surface area contributed by atoms with Gasteiger partial charge in [0, 0.05) is 24.2 Å². The fraction of sp³-hybridized carbons (Fsp3) is 0.176. The summed E-state index contributed by atoms with van der Waals surface area (Å²) in [5.74, 6) is 0.341. The van der Waals surface area contributed by atoms with Crippen molar-refractivity contribution >= 4 is 34.9 Å². The largest absolute Gasteiger partial charge is 0.329 e. The number of halogens is 1. The summed E-state index contributed by atoms with van der Waals surface area (Å²) in [6.45, 7) is 2.28. The summed E-state index contributed by atoms with van der Waals surface area (Å²) < 4.78 is 2.93. The first-order valence-electron chi connectivity index (χ1n) is 7.87. The maximum atomic E-state index is 12.3. The van der Waals surface area contributed by atoms with Gasteiger partial charge in [-0.15, -0.1) is 0 Å². The van der Waals surface area contributed by atoms with Crippen molar-refractivity contribution < 1.29 is 0 Å². The van der Waals surface area contributed by atoms with E-state index < -0.39 is 11.2 Å². The molecule has 1 aromatic carbocycles. The smallest absolute Gasteiger partial charge is 0.299 e. The topological polar surface area (TPSA) is 97.1 Å². The number of H-pyrrole nitrogens is 1. The Morgan fingerprint density at radius 2 is 2.12 bits per heavy atom. The number of benzene rings is 1. The highest BCUT2D eigenvalue weighted by atomic mass is 35.5. The second-order valence-electron chi connectivity index (χ2n) is 5.50. The fourth-order valence-corrected chi connectivity index (χ4v) is 2.63. The lowest BCUT2D eigenvalue weighted by Gasteiger charge is -2.05. The number of imidazole rings is 1. The minimum Gasteiger partial charge on any atom is -0.299 e. The second-order valence-corrected chi connectivity index (χ2v) is 5.90. The van der Waals surface area contributed by atoms with Crippen molar-refractivity contribution in [3.8, 4) is 0 Å². The van der Waals surface area contributed by atoms with Crippen LogP contribution in [0.1, 0.15) is 12.5 Å². The van der Waals surface area contributed by atoms with Gasteiger partial charge in [0.1, 0.15) is 0 Å². The molecule has 2 heterocycles. The Bertz CT molecular complexity index is 1120. The molecule has 0 aliphatic heterocycles. The van der Waals surface area contributed by atoms with Crippen molar-refractivity contribution in [1.29, 1.82) is 0 Å². The number of allylic oxidation sites excluding steroid dienone is 2. The highest BCUT2D eigenvalue weighted by Gasteiger charge is 2.16. The Morgan fingerprint density at radius 3 is 2.85 bits per heavy atom. The van der Waals surface area contributed by atoms with Crippen molar-refractivity contribution in [2.45, 2.75) is 13.5 Å². The minimum atomic E-state index is -0.524. The van der Waals surface area contributed by atoms with Crippen LogP contribution in [0.4, 0.5) is 5.95 Å². The zero-order valence-corrected chi connectivity index (χ0v) is 15.0. The zero-order valence-electron chi connectivity index (χ0n) is 14.2. The number of nitrogens with one attached hydrogen (secondary N) is 2. The monoisotopic (exact) mass is 372 g/mol. The third kappa shape index (κ3) is 3.31. The number of aromatic amines is 1. The molecule has 0 aliphatic rings. The third-order valence-electron chi connectivity index (χ3n) is 3.80. The molecule has 0 radical (unpaired) electrons. The fourth-order valence-electron chi connectivity index (χ4n) is 2.45. The zero-order chi connectivity index (χ0) is 18.7. The van der Waals surface area contributed by atoms with E-state index in [9.17, 15) is 9.59 Å². The number of fused-ring (bicyclic) bond motifs is 1. The molecule has 26 heavy (non-hydrogen) atoms. The van der Waals surface area contributed by atoms with Crippen LogP contribution < -0.4 is 16.7 Å². The van der Waals surface area contributed by atoms with Crippen LogP contribution in [0, 0.1) is 0 Å². The predicted molar refractivity (Wildman–Crippen MR) is 103 cm³/mol. The summed E-state index contributed by atoms with van der Waals surface area (Å²) in [4.78, 5) is 30.7. The molecular formula is C17H17ClN6O2. The van der Waals surface area contributed by atoms with Crippen molar-refractivity contribution in [1.82, 2.24) is 19.1 Å². The van der Waals surface area contributed by atoms with Crippen LogP contribution in [0.15, 0.2) is 51.1 Å². The molecule has 3 aromatic rings. The van der Waals surface area contributed by atoms with E-state index in [4.69, 9.17) is 11.6 Å². The molecule has 3 rings (SSSR count). The van der Waals surface area contributed by atoms with E-state index in [1.54, 1.807) is 23.9 Å². The number of hydrogen-bond donors (Lipinski definition) is 2. The summed E-state index contributed by atoms with van der Waals surface area (Å²) >= 11 is 6.10. The Hall–Kier alpha value is -3.13. The Labute approximate surface area is 153 Å². The molecule has 2 N–H and O–H groups in total. The van der Waals surface area contributed by atoms with Crippen LogP contribution in [0.3, 0.4) is 0 Å². The first-order valence-corrected chi connectivity index (χ1v) is 8.25. The SMILES string of the molecule is C/C=C/Cn1c(N/N=C/c2ccccc2Cl)nc2c1c(=O)[nH]c(=O)n2C. The van der Waals surface area contributed by atoms with E-state index in [-0.39, 0.29) is 5.65 Å². The van der Waals surface area contributed by atoms with Gasteiger partial charge in [-0.25, -0.2) is 10.2 Å². The van der Waals surface area contributed by atoms with Gasteiger partial charge in [0.25, 0.3) is 5.56 Å². The van der Waals surface area contributed by atoms with Gasteiger partial charge in [-0.05, 0) is 13.0 Å². The summed E-state index contributed by atoms with van der Waals surface area (Å²) in [6, 6.07) is 7.27. The maximum absolute atomic E-state index is 12.3. The number of anilines is 1. The number of nitrogens with zero attached hydrogens (tertiary/aromatic N) is 4. The van der Waals surface area contributed by atoms with E-state index in [1.807, 2.05) is 37.3 Å². The number of aryl methyl sites for hydroxylation is 1. The van der Waals surface area contributed by atoms with E-state index >= 15 is 0 Å². The maximum Gasteiger partial charge on any atom is 0.329 e. The van der Waals surface area contributed by atoms with Crippen LogP contribution in [-0.4, -0.2) is 25.3 Å². The highest BCUT2D eigenvalue weighted by Crippen LogP contribution is 2.16. The molecule has 9 heteroatoms. The summed E-state index contributed by atoms with van der Waals surface area (Å²) in [7, 11) is 1.55. The standard InChI is InChI=1S/C17H17ClN6O2/c1-3-4-9-24-13-14(23(2)17(26)21-15(13)25)20-16(24)22-19-10-11-7-5-6-8-12(11)18/h3-8,10H,9H2,1-2H3,(H,20,22)(H,21,25,26)/b4-3+,19-10+. The van der Waals surface area contributed by atoms with Gasteiger partial charge < -0.3 is 0 Å². The molecular weight excluding hydrogens is 356 g/mol. The lowest BCUT2D eigenvalue weighted by atomic mass is 10.2. The molecule has 0 aliphatic carbocycles. The van der Waals surface area contributed by atoms with E-state index in [1.165, 1.54) is 4.57 Å². The Balaban J connectivity index is 2.06. The van der Waals surface area contributed by atoms with E-state index in [0.29, 0.717) is 23.0 Å². The van der Waals surface area contributed by atoms with Crippen LogP contribution in [0.2, 0.25) is 5.02 Å². The van der Waals surface area contributed by atoms with Crippen LogP contribution >= 0.6 is 11.6 Å². The van der Waals surface area contributed by atoms with Crippen molar-refractivity contribution in [2.75, 3.05) is 5.43 Å². The molecule has 0 atom stereocenters. The highest BCUT2D eigenvalue weighted by molar-refractivity contribution is 6.33. The quantitative estimate of drug-likeness (QED) is 0.407. The molecule has 0 bridgehead atoms. The lowest BCUT2D eigenvalue weighted by molar-refractivity contribution is 0.818. The van der Waals surface area contributed by atoms with Crippen molar-refractivity contribution in [2.24, 2.45) is 12.1 Å². The van der Waals surface area contributed by atoms with Gasteiger partial charge in [-0.3, -0.25) is 18.9 Å². The number of rotatable bonds is 5. The number of hydrazone groups is 1. The first-order chi connectivity index (χ1) is 12.5. The molecule has 0 spiro atoms. The van der Waals surface area contributed by atoms with E-state index in [0.717, 1.165) is 5.56 Å². The van der Waals surface area contributed by atoms with Crippen molar-refractivity contribution in [3.63, 3.8) is 0 Å². The van der Waals surface area contributed by atoms with Crippen LogP contribution in [-0.2, 0) is 13.6 Å². The average Bonchev–Trinajstić information content (AvgIpc) is 2.99. The number of hydrogen-bond acceptors (Lipinski definition) is 5. The summed E-state index contributed by atoms with van der Waals surface area (Å²) in [6.07, 6.45) is 5.29. The average molecular weight is 373 g/mol. The van der Waals surface area contributed by atoms with Gasteiger partial charge >= 0.3 is 5.69 Å². The molecule has 134 valence electrons. The third-order valence-corrected chi connectivity index (χ3v) is 4.15. The van der Waals surface area contributed by atoms with E-state index in [2.05, 4.69) is 20.5 Å². The molecule has 0 amide bonds. The molecule has 0 saturated heterocycles. The number of aromatic nitrogens is 4. The van der Waals surface area contributed by atoms with Gasteiger partial charge in [-0.1, -0.05) is 42.0 Å². The molecule has 0 unspecified atom stereocenters. The van der Waals surface area contributed by atoms with Gasteiger partial charge in [0.15, 0.2) is 11.2 Å². The Morgan fingerprint density at radius 1 is 1.35 bits per heavy atom.